The van der Waals surface area contributed by atoms with Crippen LogP contribution in [0, 0.1) is 0 Å². The van der Waals surface area contributed by atoms with Crippen LogP contribution >= 0.6 is 0 Å². The van der Waals surface area contributed by atoms with Gasteiger partial charge in [-0.1, -0.05) is 305 Å². The van der Waals surface area contributed by atoms with E-state index in [0.717, 1.165) is 38.5 Å². The molecule has 6 nitrogen and oxygen atoms in total. The van der Waals surface area contributed by atoms with Crippen LogP contribution in [0.5, 0.6) is 0 Å². The zero-order valence-electron chi connectivity index (χ0n) is 78.4. The zero-order chi connectivity index (χ0) is 88.3. The number of fused-ring (bicyclic) bond motifs is 14. The molecule has 128 heavy (non-hydrogen) atoms. The molecular formula is C120H122B2N6. The number of anilines is 16. The molecule has 14 aromatic rings. The van der Waals surface area contributed by atoms with E-state index in [1.165, 1.54) is 211 Å². The molecule has 0 saturated heterocycles. The average Bonchev–Trinajstić information content (AvgIpc) is 1.29. The third-order valence-electron chi connectivity index (χ3n) is 32.8. The summed E-state index contributed by atoms with van der Waals surface area (Å²) in [5.41, 5.74) is 41.8. The van der Waals surface area contributed by atoms with Crippen molar-refractivity contribution < 1.29 is 0 Å². The van der Waals surface area contributed by atoms with E-state index in [2.05, 4.69) is 456 Å². The Balaban J connectivity index is 0.587. The highest BCUT2D eigenvalue weighted by Gasteiger charge is 2.60. The lowest BCUT2D eigenvalue weighted by Gasteiger charge is -2.50. The van der Waals surface area contributed by atoms with Crippen LogP contribution in [0.25, 0.3) is 22.3 Å². The lowest BCUT2D eigenvalue weighted by Crippen LogP contribution is -2.61. The molecule has 4 unspecified atom stereocenters. The summed E-state index contributed by atoms with van der Waals surface area (Å²) in [5, 5.41) is 0. The van der Waals surface area contributed by atoms with Crippen LogP contribution in [0.3, 0.4) is 0 Å². The van der Waals surface area contributed by atoms with E-state index in [1.54, 1.807) is 0 Å². The molecule has 14 aromatic carbocycles. The average molecular weight is 1670 g/mol. The first-order chi connectivity index (χ1) is 61.3. The van der Waals surface area contributed by atoms with Crippen LogP contribution in [0.4, 0.5) is 91.0 Å². The molecule has 8 heteroatoms. The molecule has 8 aliphatic rings. The highest BCUT2D eigenvalue weighted by atomic mass is 15.3. The topological polar surface area (TPSA) is 19.4 Å². The van der Waals surface area contributed by atoms with Gasteiger partial charge in [-0.2, -0.15) is 0 Å². The Labute approximate surface area is 762 Å². The second-order valence-electron chi connectivity index (χ2n) is 44.2. The van der Waals surface area contributed by atoms with E-state index >= 15 is 0 Å². The Hall–Kier alpha value is -12.0. The maximum absolute atomic E-state index is 2.81. The van der Waals surface area contributed by atoms with Crippen LogP contribution in [0.15, 0.2) is 309 Å². The van der Waals surface area contributed by atoms with E-state index in [0.29, 0.717) is 0 Å². The van der Waals surface area contributed by atoms with Crippen LogP contribution in [-0.4, -0.2) is 24.5 Å². The summed E-state index contributed by atoms with van der Waals surface area (Å²) in [7, 11) is 0. The quantitative estimate of drug-likeness (QED) is 0.106. The molecule has 0 N–H and O–H groups in total. The number of para-hydroxylation sites is 4. The van der Waals surface area contributed by atoms with Gasteiger partial charge in [-0.25, -0.2) is 0 Å². The fourth-order valence-electron chi connectivity index (χ4n) is 24.7. The van der Waals surface area contributed by atoms with Gasteiger partial charge in [-0.3, -0.25) is 0 Å². The summed E-state index contributed by atoms with van der Waals surface area (Å²) in [6, 6.07) is 121. The van der Waals surface area contributed by atoms with E-state index in [9.17, 15) is 0 Å². The van der Waals surface area contributed by atoms with Gasteiger partial charge in [0, 0.05) is 102 Å². The van der Waals surface area contributed by atoms with Gasteiger partial charge in [0.25, 0.3) is 13.4 Å². The number of rotatable bonds is 13. The molecule has 2 fully saturated rings. The fourth-order valence-corrected chi connectivity index (χ4v) is 24.7. The van der Waals surface area contributed by atoms with Crippen molar-refractivity contribution in [1.82, 2.24) is 0 Å². The molecule has 6 heterocycles. The van der Waals surface area contributed by atoms with Crippen molar-refractivity contribution in [2.24, 2.45) is 0 Å². The maximum atomic E-state index is 2.81. The molecular weight excluding hydrogens is 1550 g/mol. The predicted molar refractivity (Wildman–Crippen MR) is 549 cm³/mol. The van der Waals surface area contributed by atoms with Gasteiger partial charge in [0.2, 0.25) is 0 Å². The maximum Gasteiger partial charge on any atom is 0.252 e. The van der Waals surface area contributed by atoms with E-state index < -0.39 is 0 Å². The first kappa shape index (κ1) is 81.7. The highest BCUT2D eigenvalue weighted by Crippen LogP contribution is 2.65. The summed E-state index contributed by atoms with van der Waals surface area (Å²) >= 11 is 0. The molecule has 2 aliphatic carbocycles. The van der Waals surface area contributed by atoms with Crippen molar-refractivity contribution in [3.63, 3.8) is 0 Å². The van der Waals surface area contributed by atoms with Crippen LogP contribution in [0.2, 0.25) is 0 Å². The van der Waals surface area contributed by atoms with Crippen molar-refractivity contribution in [3.05, 3.63) is 348 Å². The molecule has 638 valence electrons. The molecule has 6 aliphatic heterocycles. The molecule has 0 radical (unpaired) electrons. The van der Waals surface area contributed by atoms with Crippen molar-refractivity contribution in [1.29, 1.82) is 0 Å². The first-order valence-corrected chi connectivity index (χ1v) is 47.7. The minimum atomic E-state index is -0.171. The summed E-state index contributed by atoms with van der Waals surface area (Å²) in [4.78, 5) is 16.0. The SMILES string of the molecule is CC(C)(C)c1ccc(N2c3cc(N4c5ccc(-c6ccc(C(C)(C)CCC(C)(C)c7ccc(N8c9cc(N%10c%11ccc(-c%12ccccc%12)cc%11C%11(C)CCCCC%10%11C)ccc9B9c%10ccccc%10N(c%10ccccc%10)c%10cc(C(C)(C)C)cc8c%109)cc7)cc6)cc5C5(C)CCCCC45C)ccc3B3c4ccccc4N(c4ccccc4)c4cc(C(C)(C)C)cc2c43)cc1. The third kappa shape index (κ3) is 12.5. The Morgan fingerprint density at radius 1 is 0.242 bits per heavy atom. The summed E-state index contributed by atoms with van der Waals surface area (Å²) < 4.78 is 0. The third-order valence-corrected chi connectivity index (χ3v) is 32.8. The second-order valence-corrected chi connectivity index (χ2v) is 44.2. The van der Waals surface area contributed by atoms with E-state index in [-0.39, 0.29) is 62.4 Å². The van der Waals surface area contributed by atoms with Crippen molar-refractivity contribution in [2.75, 3.05) is 29.4 Å². The lowest BCUT2D eigenvalue weighted by atomic mass is 9.33. The standard InChI is InChI=1S/C120H122B2N6/c1-112(2,3)83-51-55-90(56-52-83)125-104-77-92(59-61-98(104)121-96-41-27-29-43-102(96)123(88-37-23-19-24-38-88)106-73-86(113(4,5)6)75-108(125)110(106)121)128-101-64-48-82(72-95(101)118(15)66-32-34-68-120(118,128)17)80-45-49-84(50-46-80)115(10,11)69-70-116(12,13)85-53-57-91(58-54-85)126-105-78-93(127-100-63-47-81(79-35-21-18-22-36-79)71-94(100)117(14)65-31-33-67-119(117,127)16)60-62-99(105)122-97-42-28-30-44-103(97)124(89-39-25-20-26-40-89)107-74-87(114(7,8)9)76-109(126)111(107)122/h18-30,35-64,71-78H,31-34,65-70H2,1-17H3. The van der Waals surface area contributed by atoms with E-state index in [1.807, 2.05) is 0 Å². The molecule has 0 aromatic heterocycles. The van der Waals surface area contributed by atoms with Gasteiger partial charge in [-0.05, 0) is 307 Å². The molecule has 4 atom stereocenters. The summed E-state index contributed by atoms with van der Waals surface area (Å²) in [6.07, 6.45) is 11.5. The van der Waals surface area contributed by atoms with Crippen molar-refractivity contribution in [3.8, 4) is 22.3 Å². The Bertz CT molecular complexity index is 6750. The van der Waals surface area contributed by atoms with Gasteiger partial charge in [0.15, 0.2) is 0 Å². The number of benzene rings is 14. The highest BCUT2D eigenvalue weighted by molar-refractivity contribution is 7.01. The molecule has 0 amide bonds. The van der Waals surface area contributed by atoms with Gasteiger partial charge >= 0.3 is 0 Å². The zero-order valence-corrected chi connectivity index (χ0v) is 78.4. The molecule has 2 saturated carbocycles. The Kier molecular flexibility index (Phi) is 18.7. The van der Waals surface area contributed by atoms with E-state index in [4.69, 9.17) is 0 Å². The van der Waals surface area contributed by atoms with Crippen molar-refractivity contribution in [2.45, 2.75) is 231 Å². The first-order valence-electron chi connectivity index (χ1n) is 47.7. The number of hydrogen-bond donors (Lipinski definition) is 0. The Morgan fingerprint density at radius 3 is 0.938 bits per heavy atom. The van der Waals surface area contributed by atoms with Gasteiger partial charge in [0.05, 0.1) is 11.1 Å². The van der Waals surface area contributed by atoms with Crippen LogP contribution in [0.1, 0.15) is 221 Å². The number of nitrogens with zero attached hydrogens (tertiary/aromatic N) is 6. The normalized spacial score (nSPS) is 20.0. The minimum Gasteiger partial charge on any atom is -0.334 e. The monoisotopic (exact) mass is 1670 g/mol. The molecule has 22 rings (SSSR count). The van der Waals surface area contributed by atoms with Crippen molar-refractivity contribution >= 4 is 137 Å². The minimum absolute atomic E-state index is 0.00298. The van der Waals surface area contributed by atoms with Gasteiger partial charge in [0.1, 0.15) is 0 Å². The van der Waals surface area contributed by atoms with Crippen LogP contribution < -0.4 is 62.2 Å². The van der Waals surface area contributed by atoms with Gasteiger partial charge in [-0.15, -0.1) is 0 Å². The molecule has 0 bridgehead atoms. The largest absolute Gasteiger partial charge is 0.334 e. The summed E-state index contributed by atoms with van der Waals surface area (Å²) in [6.45, 7) is 41.6. The lowest BCUT2D eigenvalue weighted by molar-refractivity contribution is 0.195. The molecule has 0 spiro atoms. The Morgan fingerprint density at radius 2 is 0.547 bits per heavy atom. The second kappa shape index (κ2) is 29.3. The predicted octanol–water partition coefficient (Wildman–Crippen LogP) is 28.6. The van der Waals surface area contributed by atoms with Gasteiger partial charge < -0.3 is 29.4 Å². The number of hydrogen-bond acceptors (Lipinski definition) is 6. The smallest absolute Gasteiger partial charge is 0.252 e. The summed E-state index contributed by atoms with van der Waals surface area (Å²) in [5.74, 6) is 0. The van der Waals surface area contributed by atoms with Crippen LogP contribution in [-0.2, 0) is 37.9 Å². The fraction of sp³-hybridized carbons (Fsp3) is 0.300.